The largest absolute Gasteiger partial charge is 0.370 e. The number of rotatable bonds is 6. The molecule has 0 bridgehead atoms. The fourth-order valence-corrected chi connectivity index (χ4v) is 5.61. The van der Waals surface area contributed by atoms with Crippen LogP contribution in [0.15, 0.2) is 90.5 Å². The van der Waals surface area contributed by atoms with E-state index in [0.717, 1.165) is 11.1 Å². The first-order valence-electron chi connectivity index (χ1n) is 11.6. The molecule has 1 fully saturated rings. The smallest absolute Gasteiger partial charge is 0.243 e. The van der Waals surface area contributed by atoms with E-state index in [1.54, 1.807) is 82.9 Å². The number of carbonyl (C=O) groups is 1. The van der Waals surface area contributed by atoms with Crippen LogP contribution in [0.1, 0.15) is 15.9 Å². The summed E-state index contributed by atoms with van der Waals surface area (Å²) in [5.74, 6) is 0.491. The molecule has 0 atom stereocenters. The standard InChI is InChI=1S/C26H25N7O3S/c27-26(28)31-13-15-33(16-14-31)37(35,36)23-8-5-20(6-9-23)19-1-3-21(4-2-19)25(34)22-7-10-24(30-17-22)32-12-11-29-18-32/h1-12,17-18H,13-16H2,(H3,27,28). The van der Waals surface area contributed by atoms with E-state index in [1.165, 1.54) is 4.31 Å². The molecule has 1 aliphatic rings. The Morgan fingerprint density at radius 3 is 2.03 bits per heavy atom. The lowest BCUT2D eigenvalue weighted by molar-refractivity contribution is 0.103. The second-order valence-corrected chi connectivity index (χ2v) is 10.5. The molecule has 0 aliphatic carbocycles. The third-order valence-corrected chi connectivity index (χ3v) is 8.24. The van der Waals surface area contributed by atoms with Crippen molar-refractivity contribution in [2.45, 2.75) is 4.90 Å². The molecule has 10 nitrogen and oxygen atoms in total. The fourth-order valence-electron chi connectivity index (χ4n) is 4.19. The maximum Gasteiger partial charge on any atom is 0.243 e. The molecule has 0 radical (unpaired) electrons. The average Bonchev–Trinajstić information content (AvgIpc) is 3.48. The van der Waals surface area contributed by atoms with Gasteiger partial charge in [0.05, 0.1) is 4.90 Å². The lowest BCUT2D eigenvalue weighted by atomic mass is 10.0. The molecule has 1 saturated heterocycles. The van der Waals surface area contributed by atoms with Crippen LogP contribution in [-0.2, 0) is 10.0 Å². The van der Waals surface area contributed by atoms with Gasteiger partial charge in [0.25, 0.3) is 0 Å². The summed E-state index contributed by atoms with van der Waals surface area (Å²) >= 11 is 0. The van der Waals surface area contributed by atoms with Gasteiger partial charge in [-0.2, -0.15) is 4.31 Å². The molecule has 0 saturated carbocycles. The number of ketones is 1. The molecule has 2 aromatic heterocycles. The van der Waals surface area contributed by atoms with Crippen LogP contribution in [0.5, 0.6) is 0 Å². The van der Waals surface area contributed by atoms with Crippen LogP contribution in [0.3, 0.4) is 0 Å². The highest BCUT2D eigenvalue weighted by Gasteiger charge is 2.28. The number of nitrogens with two attached hydrogens (primary N) is 1. The monoisotopic (exact) mass is 515 g/mol. The Kier molecular flexibility index (Phi) is 6.55. The lowest BCUT2D eigenvalue weighted by Crippen LogP contribution is -2.52. The third kappa shape index (κ3) is 4.99. The van der Waals surface area contributed by atoms with Crippen LogP contribution < -0.4 is 5.73 Å². The Labute approximate surface area is 214 Å². The van der Waals surface area contributed by atoms with Gasteiger partial charge < -0.3 is 10.6 Å². The van der Waals surface area contributed by atoms with Crippen LogP contribution >= 0.6 is 0 Å². The van der Waals surface area contributed by atoms with Crippen molar-refractivity contribution in [2.24, 2.45) is 5.73 Å². The van der Waals surface area contributed by atoms with Gasteiger partial charge >= 0.3 is 0 Å². The molecule has 5 rings (SSSR count). The Bertz CT molecular complexity index is 1510. The highest BCUT2D eigenvalue weighted by molar-refractivity contribution is 7.89. The highest BCUT2D eigenvalue weighted by atomic mass is 32.2. The summed E-state index contributed by atoms with van der Waals surface area (Å²) in [6.07, 6.45) is 6.63. The van der Waals surface area contributed by atoms with Crippen molar-refractivity contribution in [1.29, 1.82) is 5.41 Å². The molecule has 1 aliphatic heterocycles. The van der Waals surface area contributed by atoms with E-state index in [4.69, 9.17) is 11.1 Å². The predicted octanol–water partition coefficient (Wildman–Crippen LogP) is 2.37. The highest BCUT2D eigenvalue weighted by Crippen LogP contribution is 2.25. The van der Waals surface area contributed by atoms with Crippen molar-refractivity contribution >= 4 is 21.8 Å². The number of sulfonamides is 1. The van der Waals surface area contributed by atoms with Crippen molar-refractivity contribution < 1.29 is 13.2 Å². The number of hydrogen-bond acceptors (Lipinski definition) is 6. The average molecular weight is 516 g/mol. The van der Waals surface area contributed by atoms with Crippen LogP contribution in [0, 0.1) is 5.41 Å². The summed E-state index contributed by atoms with van der Waals surface area (Å²) in [7, 11) is -3.64. The Morgan fingerprint density at radius 1 is 0.865 bits per heavy atom. The molecule has 188 valence electrons. The minimum atomic E-state index is -3.64. The van der Waals surface area contributed by atoms with Crippen LogP contribution in [0.4, 0.5) is 0 Å². The van der Waals surface area contributed by atoms with E-state index < -0.39 is 10.0 Å². The van der Waals surface area contributed by atoms with Gasteiger partial charge in [-0.05, 0) is 35.4 Å². The van der Waals surface area contributed by atoms with E-state index in [0.29, 0.717) is 30.0 Å². The van der Waals surface area contributed by atoms with Gasteiger partial charge in [-0.3, -0.25) is 14.8 Å². The van der Waals surface area contributed by atoms with E-state index >= 15 is 0 Å². The van der Waals surface area contributed by atoms with Crippen molar-refractivity contribution in [1.82, 2.24) is 23.7 Å². The number of nitrogens with one attached hydrogen (secondary N) is 1. The summed E-state index contributed by atoms with van der Waals surface area (Å²) in [4.78, 5) is 23.1. The Balaban J connectivity index is 1.27. The van der Waals surface area contributed by atoms with Crippen molar-refractivity contribution in [3.05, 3.63) is 96.7 Å². The van der Waals surface area contributed by atoms with Crippen LogP contribution in [0.25, 0.3) is 16.9 Å². The van der Waals surface area contributed by atoms with E-state index in [1.807, 2.05) is 12.1 Å². The zero-order chi connectivity index (χ0) is 26.0. The number of nitrogens with zero attached hydrogens (tertiary/aromatic N) is 5. The molecule has 0 spiro atoms. The number of hydrogen-bond donors (Lipinski definition) is 2. The predicted molar refractivity (Wildman–Crippen MR) is 139 cm³/mol. The van der Waals surface area contributed by atoms with Gasteiger partial charge in [0.1, 0.15) is 12.1 Å². The number of piperazine rings is 1. The van der Waals surface area contributed by atoms with Gasteiger partial charge in [0, 0.05) is 55.9 Å². The minimum absolute atomic E-state index is 0.0469. The number of guanidine groups is 1. The van der Waals surface area contributed by atoms with E-state index in [2.05, 4.69) is 9.97 Å². The van der Waals surface area contributed by atoms with E-state index in [-0.39, 0.29) is 29.7 Å². The first kappa shape index (κ1) is 24.3. The molecular weight excluding hydrogens is 490 g/mol. The Morgan fingerprint density at radius 2 is 1.49 bits per heavy atom. The zero-order valence-electron chi connectivity index (χ0n) is 19.9. The normalized spacial score (nSPS) is 14.4. The minimum Gasteiger partial charge on any atom is -0.370 e. The molecule has 3 N–H and O–H groups in total. The van der Waals surface area contributed by atoms with Gasteiger partial charge in [0.2, 0.25) is 10.0 Å². The van der Waals surface area contributed by atoms with Gasteiger partial charge in [-0.1, -0.05) is 36.4 Å². The second-order valence-electron chi connectivity index (χ2n) is 8.58. The molecule has 37 heavy (non-hydrogen) atoms. The summed E-state index contributed by atoms with van der Waals surface area (Å²) in [5, 5.41) is 7.50. The number of carbonyl (C=O) groups excluding carboxylic acids is 1. The molecule has 2 aromatic carbocycles. The van der Waals surface area contributed by atoms with Crippen LogP contribution in [0.2, 0.25) is 0 Å². The molecule has 11 heteroatoms. The topological polar surface area (TPSA) is 138 Å². The zero-order valence-corrected chi connectivity index (χ0v) is 20.7. The van der Waals surface area contributed by atoms with Gasteiger partial charge in [0.15, 0.2) is 11.7 Å². The molecule has 0 amide bonds. The molecular formula is C26H25N7O3S. The molecule has 3 heterocycles. The maximum absolute atomic E-state index is 13.0. The summed E-state index contributed by atoms with van der Waals surface area (Å²) < 4.78 is 29.2. The lowest BCUT2D eigenvalue weighted by Gasteiger charge is -2.34. The first-order chi connectivity index (χ1) is 17.8. The number of benzene rings is 2. The second kappa shape index (κ2) is 9.96. The molecule has 4 aromatic rings. The number of aromatic nitrogens is 3. The quantitative estimate of drug-likeness (QED) is 0.228. The van der Waals surface area contributed by atoms with Gasteiger partial charge in [-0.15, -0.1) is 0 Å². The van der Waals surface area contributed by atoms with E-state index in [9.17, 15) is 13.2 Å². The summed E-state index contributed by atoms with van der Waals surface area (Å²) in [5.41, 5.74) is 8.22. The summed E-state index contributed by atoms with van der Waals surface area (Å²) in [6, 6.07) is 17.4. The molecule has 0 unspecified atom stereocenters. The SMILES string of the molecule is N=C(N)N1CCN(S(=O)(=O)c2ccc(-c3ccc(C(=O)c4ccc(-n5ccnc5)nc4)cc3)cc2)CC1. The van der Waals surface area contributed by atoms with Gasteiger partial charge in [-0.25, -0.2) is 18.4 Å². The van der Waals surface area contributed by atoms with Crippen molar-refractivity contribution in [3.63, 3.8) is 0 Å². The Hall–Kier alpha value is -4.35. The first-order valence-corrected chi connectivity index (χ1v) is 13.1. The van der Waals surface area contributed by atoms with Crippen molar-refractivity contribution in [2.75, 3.05) is 26.2 Å². The third-order valence-electron chi connectivity index (χ3n) is 6.33. The number of imidazole rings is 1. The summed E-state index contributed by atoms with van der Waals surface area (Å²) in [6.45, 7) is 1.34. The fraction of sp³-hybridized carbons (Fsp3) is 0.154. The van der Waals surface area contributed by atoms with Crippen molar-refractivity contribution in [3.8, 4) is 16.9 Å². The number of pyridine rings is 1. The maximum atomic E-state index is 13.0. The van der Waals surface area contributed by atoms with Crippen LogP contribution in [-0.4, -0.2) is 70.1 Å².